The minimum atomic E-state index is -4.55. The lowest BCUT2D eigenvalue weighted by molar-refractivity contribution is -0.147. The molecule has 25 heavy (non-hydrogen) atoms. The molecule has 0 aliphatic carbocycles. The maximum absolute atomic E-state index is 13.2. The number of hydrogen-bond acceptors (Lipinski definition) is 3. The fourth-order valence-corrected chi connectivity index (χ4v) is 2.73. The van der Waals surface area contributed by atoms with Crippen molar-refractivity contribution < 1.29 is 18.0 Å². The Morgan fingerprint density at radius 1 is 1.28 bits per heavy atom. The van der Waals surface area contributed by atoms with Crippen molar-refractivity contribution >= 4 is 16.9 Å². The smallest absolute Gasteiger partial charge is 0.350 e. The second-order valence-electron chi connectivity index (χ2n) is 6.27. The lowest BCUT2D eigenvalue weighted by Crippen LogP contribution is -2.38. The monoisotopic (exact) mass is 356 g/mol. The van der Waals surface area contributed by atoms with Crippen molar-refractivity contribution in [3.05, 3.63) is 29.6 Å². The van der Waals surface area contributed by atoms with E-state index in [1.165, 1.54) is 18.2 Å². The summed E-state index contributed by atoms with van der Waals surface area (Å²) in [6.45, 7) is 8.45. The van der Waals surface area contributed by atoms with Crippen molar-refractivity contribution in [2.75, 3.05) is 13.1 Å². The fourth-order valence-electron chi connectivity index (χ4n) is 2.73. The molecule has 8 heteroatoms. The van der Waals surface area contributed by atoms with Gasteiger partial charge in [0.05, 0.1) is 11.0 Å². The fraction of sp³-hybridized carbons (Fsp3) is 0.529. The number of imidazole rings is 1. The van der Waals surface area contributed by atoms with Gasteiger partial charge in [0.15, 0.2) is 0 Å². The number of benzene rings is 1. The molecule has 1 heterocycles. The van der Waals surface area contributed by atoms with Crippen molar-refractivity contribution in [3.63, 3.8) is 0 Å². The van der Waals surface area contributed by atoms with E-state index in [9.17, 15) is 18.0 Å². The molecule has 2 rings (SSSR count). The average molecular weight is 356 g/mol. The number of halogens is 3. The van der Waals surface area contributed by atoms with Gasteiger partial charge in [-0.05, 0) is 45.5 Å². The maximum atomic E-state index is 13.2. The van der Waals surface area contributed by atoms with Gasteiger partial charge in [-0.1, -0.05) is 6.92 Å². The van der Waals surface area contributed by atoms with Crippen LogP contribution in [0.25, 0.3) is 11.0 Å². The van der Waals surface area contributed by atoms with Crippen LogP contribution in [-0.2, 0) is 6.18 Å². The molecule has 2 aromatic rings. The Morgan fingerprint density at radius 2 is 1.96 bits per heavy atom. The van der Waals surface area contributed by atoms with Gasteiger partial charge >= 0.3 is 6.18 Å². The summed E-state index contributed by atoms with van der Waals surface area (Å²) < 4.78 is 40.8. The normalized spacial score (nSPS) is 13.4. The van der Waals surface area contributed by atoms with Gasteiger partial charge in [0.1, 0.15) is 0 Å². The molecule has 0 aliphatic heterocycles. The van der Waals surface area contributed by atoms with Crippen molar-refractivity contribution in [2.45, 2.75) is 46.0 Å². The van der Waals surface area contributed by atoms with Gasteiger partial charge in [0.25, 0.3) is 5.91 Å². The summed E-state index contributed by atoms with van der Waals surface area (Å²) in [5, 5.41) is 5.93. The Morgan fingerprint density at radius 3 is 2.52 bits per heavy atom. The van der Waals surface area contributed by atoms with Gasteiger partial charge in [-0.2, -0.15) is 13.2 Å². The molecule has 1 aromatic carbocycles. The Hall–Kier alpha value is -2.09. The Kier molecular flexibility index (Phi) is 5.72. The highest BCUT2D eigenvalue weighted by molar-refractivity contribution is 5.97. The van der Waals surface area contributed by atoms with Gasteiger partial charge < -0.3 is 15.2 Å². The standard InChI is InChI=1S/C17H23F3N4O/c1-5-21-11(4)9-22-15(25)12-6-7-14-13(8-12)23-16(17(18,19)20)24(14)10(2)3/h6-8,10-11,21H,5,9H2,1-4H3,(H,22,25)/t11-/m1/s1. The van der Waals surface area contributed by atoms with Crippen LogP contribution in [0.4, 0.5) is 13.2 Å². The van der Waals surface area contributed by atoms with Gasteiger partial charge in [-0.3, -0.25) is 4.79 Å². The zero-order chi connectivity index (χ0) is 18.8. The highest BCUT2D eigenvalue weighted by Gasteiger charge is 2.38. The van der Waals surface area contributed by atoms with Crippen LogP contribution in [0.5, 0.6) is 0 Å². The second kappa shape index (κ2) is 7.43. The number of aromatic nitrogens is 2. The van der Waals surface area contributed by atoms with Crippen molar-refractivity contribution in [2.24, 2.45) is 0 Å². The molecule has 0 unspecified atom stereocenters. The lowest BCUT2D eigenvalue weighted by atomic mass is 10.1. The summed E-state index contributed by atoms with van der Waals surface area (Å²) in [5.74, 6) is -1.28. The van der Waals surface area contributed by atoms with Crippen LogP contribution in [0.2, 0.25) is 0 Å². The first kappa shape index (κ1) is 19.2. The minimum Gasteiger partial charge on any atom is -0.350 e. The number of rotatable bonds is 6. The summed E-state index contributed by atoms with van der Waals surface area (Å²) in [6, 6.07) is 4.14. The molecule has 0 spiro atoms. The zero-order valence-corrected chi connectivity index (χ0v) is 14.7. The number of carbonyl (C=O) groups is 1. The highest BCUT2D eigenvalue weighted by Crippen LogP contribution is 2.33. The summed E-state index contributed by atoms with van der Waals surface area (Å²) >= 11 is 0. The third kappa shape index (κ3) is 4.31. The van der Waals surface area contributed by atoms with E-state index in [-0.39, 0.29) is 17.5 Å². The number of nitrogens with one attached hydrogen (secondary N) is 2. The van der Waals surface area contributed by atoms with Crippen LogP contribution < -0.4 is 10.6 Å². The minimum absolute atomic E-state index is 0.106. The number of amides is 1. The zero-order valence-electron chi connectivity index (χ0n) is 14.7. The van der Waals surface area contributed by atoms with E-state index in [0.29, 0.717) is 17.6 Å². The first-order valence-electron chi connectivity index (χ1n) is 8.25. The molecule has 2 N–H and O–H groups in total. The molecule has 0 saturated heterocycles. The summed E-state index contributed by atoms with van der Waals surface area (Å²) in [4.78, 5) is 15.9. The quantitative estimate of drug-likeness (QED) is 0.834. The van der Waals surface area contributed by atoms with Crippen LogP contribution in [0, 0.1) is 0 Å². The predicted octanol–water partition coefficient (Wildman–Crippen LogP) is 3.36. The van der Waals surface area contributed by atoms with Gasteiger partial charge in [0.2, 0.25) is 5.82 Å². The first-order valence-corrected chi connectivity index (χ1v) is 8.25. The molecular weight excluding hydrogens is 333 g/mol. The average Bonchev–Trinajstić information content (AvgIpc) is 2.91. The Balaban J connectivity index is 2.32. The summed E-state index contributed by atoms with van der Waals surface area (Å²) in [7, 11) is 0. The lowest BCUT2D eigenvalue weighted by Gasteiger charge is -2.15. The maximum Gasteiger partial charge on any atom is 0.449 e. The van der Waals surface area contributed by atoms with E-state index < -0.39 is 18.0 Å². The molecule has 0 aliphatic rings. The number of fused-ring (bicyclic) bond motifs is 1. The van der Waals surface area contributed by atoms with Gasteiger partial charge in [-0.25, -0.2) is 4.98 Å². The van der Waals surface area contributed by atoms with Crippen LogP contribution in [-0.4, -0.2) is 34.6 Å². The van der Waals surface area contributed by atoms with E-state index in [1.54, 1.807) is 13.8 Å². The van der Waals surface area contributed by atoms with E-state index in [4.69, 9.17) is 0 Å². The number of nitrogens with zero attached hydrogens (tertiary/aromatic N) is 2. The number of carbonyl (C=O) groups excluding carboxylic acids is 1. The van der Waals surface area contributed by atoms with Crippen LogP contribution in [0.15, 0.2) is 18.2 Å². The van der Waals surface area contributed by atoms with Crippen molar-refractivity contribution in [1.82, 2.24) is 20.2 Å². The molecule has 1 amide bonds. The van der Waals surface area contributed by atoms with E-state index >= 15 is 0 Å². The Labute approximate surface area is 144 Å². The third-order valence-electron chi connectivity index (χ3n) is 3.84. The highest BCUT2D eigenvalue weighted by atomic mass is 19.4. The van der Waals surface area contributed by atoms with Crippen molar-refractivity contribution in [3.8, 4) is 0 Å². The van der Waals surface area contributed by atoms with Gasteiger partial charge in [0, 0.05) is 24.2 Å². The molecule has 138 valence electrons. The number of alkyl halides is 3. The van der Waals surface area contributed by atoms with Crippen LogP contribution >= 0.6 is 0 Å². The van der Waals surface area contributed by atoms with E-state index in [1.807, 2.05) is 13.8 Å². The third-order valence-corrected chi connectivity index (χ3v) is 3.84. The van der Waals surface area contributed by atoms with Gasteiger partial charge in [-0.15, -0.1) is 0 Å². The second-order valence-corrected chi connectivity index (χ2v) is 6.27. The molecule has 0 bridgehead atoms. The molecule has 0 radical (unpaired) electrons. The molecule has 1 atom stereocenters. The van der Waals surface area contributed by atoms with Crippen molar-refractivity contribution in [1.29, 1.82) is 0 Å². The van der Waals surface area contributed by atoms with E-state index in [0.717, 1.165) is 11.1 Å². The van der Waals surface area contributed by atoms with Crippen LogP contribution in [0.3, 0.4) is 0 Å². The molecular formula is C17H23F3N4O. The predicted molar refractivity (Wildman–Crippen MR) is 90.6 cm³/mol. The topological polar surface area (TPSA) is 58.9 Å². The molecule has 0 saturated carbocycles. The largest absolute Gasteiger partial charge is 0.449 e. The SMILES string of the molecule is CCN[C@H](C)CNC(=O)c1ccc2c(c1)nc(C(F)(F)F)n2C(C)C. The number of likely N-dealkylation sites (N-methyl/N-ethyl adjacent to an activating group) is 1. The summed E-state index contributed by atoms with van der Waals surface area (Å²) in [6.07, 6.45) is -4.55. The molecule has 5 nitrogen and oxygen atoms in total. The molecule has 1 aromatic heterocycles. The first-order chi connectivity index (χ1) is 11.6. The summed E-state index contributed by atoms with van der Waals surface area (Å²) in [5.41, 5.74) is 0.812. The van der Waals surface area contributed by atoms with Crippen LogP contribution in [0.1, 0.15) is 49.9 Å². The molecule has 0 fully saturated rings. The van der Waals surface area contributed by atoms with E-state index in [2.05, 4.69) is 15.6 Å². The Bertz CT molecular complexity index is 752. The number of hydrogen-bond donors (Lipinski definition) is 2.